The quantitative estimate of drug-likeness (QED) is 0.467. The molecule has 1 atom stereocenters. The summed E-state index contributed by atoms with van der Waals surface area (Å²) in [6, 6.07) is 7.95. The fraction of sp³-hybridized carbons (Fsp3) is 0.364. The molecule has 0 fully saturated rings. The van der Waals surface area contributed by atoms with Crippen LogP contribution >= 0.6 is 0 Å². The molecular weight excluding hydrogens is 236 g/mol. The number of nitrogens with zero attached hydrogens (tertiary/aromatic N) is 2. The molecule has 1 rings (SSSR count). The Bertz CT molecular complexity index is 445. The largest absolute Gasteiger partial charge is 0.399 e. The maximum atomic E-state index is 10.5. The highest BCUT2D eigenvalue weighted by Crippen LogP contribution is 2.23. The van der Waals surface area contributed by atoms with E-state index in [1.54, 1.807) is 12.1 Å². The van der Waals surface area contributed by atoms with E-state index >= 15 is 0 Å². The zero-order valence-corrected chi connectivity index (χ0v) is 11.0. The number of nitro benzene ring substituents is 1. The molecular formula is C11H14N2O3Si. The van der Waals surface area contributed by atoms with Gasteiger partial charge in [-0.25, -0.2) is 0 Å². The van der Waals surface area contributed by atoms with E-state index in [2.05, 4.69) is 6.07 Å². The fourth-order valence-corrected chi connectivity index (χ4v) is 2.19. The van der Waals surface area contributed by atoms with E-state index in [0.29, 0.717) is 5.56 Å². The summed E-state index contributed by atoms with van der Waals surface area (Å²) in [5, 5.41) is 19.5. The number of nitriles is 1. The van der Waals surface area contributed by atoms with Crippen LogP contribution in [-0.2, 0) is 4.43 Å². The van der Waals surface area contributed by atoms with Crippen molar-refractivity contribution in [2.45, 2.75) is 25.7 Å². The van der Waals surface area contributed by atoms with Crippen LogP contribution in [0.15, 0.2) is 24.3 Å². The lowest BCUT2D eigenvalue weighted by molar-refractivity contribution is -0.384. The smallest absolute Gasteiger partial charge is 0.269 e. The second-order valence-electron chi connectivity index (χ2n) is 4.59. The van der Waals surface area contributed by atoms with Crippen LogP contribution in [0.5, 0.6) is 0 Å². The van der Waals surface area contributed by atoms with Gasteiger partial charge in [0, 0.05) is 12.1 Å². The number of rotatable bonds is 4. The molecule has 0 aliphatic carbocycles. The zero-order valence-electron chi connectivity index (χ0n) is 10.0. The van der Waals surface area contributed by atoms with E-state index in [4.69, 9.17) is 9.69 Å². The fourth-order valence-electron chi connectivity index (χ4n) is 1.29. The maximum Gasteiger partial charge on any atom is 0.269 e. The summed E-state index contributed by atoms with van der Waals surface area (Å²) >= 11 is 0. The number of benzene rings is 1. The molecule has 0 N–H and O–H groups in total. The first-order valence-electron chi connectivity index (χ1n) is 5.15. The Morgan fingerprint density at radius 1 is 1.35 bits per heavy atom. The van der Waals surface area contributed by atoms with E-state index in [1.807, 2.05) is 19.6 Å². The van der Waals surface area contributed by atoms with E-state index in [0.717, 1.165) is 0 Å². The highest BCUT2D eigenvalue weighted by Gasteiger charge is 2.22. The minimum absolute atomic E-state index is 0.0124. The molecule has 90 valence electrons. The summed E-state index contributed by atoms with van der Waals surface area (Å²) in [6.45, 7) is 5.97. The molecule has 17 heavy (non-hydrogen) atoms. The van der Waals surface area contributed by atoms with Crippen LogP contribution in [0.3, 0.4) is 0 Å². The lowest BCUT2D eigenvalue weighted by Crippen LogP contribution is -2.27. The Morgan fingerprint density at radius 3 is 2.24 bits per heavy atom. The third kappa shape index (κ3) is 3.98. The summed E-state index contributed by atoms with van der Waals surface area (Å²) in [4.78, 5) is 10.0. The highest BCUT2D eigenvalue weighted by molar-refractivity contribution is 6.69. The Hall–Kier alpha value is -1.71. The van der Waals surface area contributed by atoms with Gasteiger partial charge in [-0.05, 0) is 37.3 Å². The molecule has 0 amide bonds. The van der Waals surface area contributed by atoms with E-state index in [-0.39, 0.29) is 5.69 Å². The van der Waals surface area contributed by atoms with Crippen LogP contribution in [0.2, 0.25) is 19.6 Å². The van der Waals surface area contributed by atoms with Crippen molar-refractivity contribution in [2.75, 3.05) is 0 Å². The molecule has 0 spiro atoms. The third-order valence-corrected chi connectivity index (χ3v) is 2.94. The summed E-state index contributed by atoms with van der Waals surface area (Å²) in [5.74, 6) is 0. The van der Waals surface area contributed by atoms with Crippen molar-refractivity contribution in [3.8, 4) is 6.07 Å². The van der Waals surface area contributed by atoms with Gasteiger partial charge in [0.15, 0.2) is 14.4 Å². The molecule has 0 saturated carbocycles. The van der Waals surface area contributed by atoms with Crippen molar-refractivity contribution in [2.24, 2.45) is 0 Å². The summed E-state index contributed by atoms with van der Waals surface area (Å²) < 4.78 is 5.68. The molecule has 1 aromatic carbocycles. The van der Waals surface area contributed by atoms with Gasteiger partial charge < -0.3 is 4.43 Å². The van der Waals surface area contributed by atoms with Gasteiger partial charge in [0.1, 0.15) is 0 Å². The van der Waals surface area contributed by atoms with Crippen LogP contribution in [0.1, 0.15) is 11.7 Å². The van der Waals surface area contributed by atoms with Gasteiger partial charge in [-0.1, -0.05) is 0 Å². The zero-order chi connectivity index (χ0) is 13.1. The average Bonchev–Trinajstić information content (AvgIpc) is 2.25. The first kappa shape index (κ1) is 13.4. The van der Waals surface area contributed by atoms with Crippen LogP contribution in [0.4, 0.5) is 5.69 Å². The van der Waals surface area contributed by atoms with Crippen molar-refractivity contribution >= 4 is 14.0 Å². The molecule has 6 heteroatoms. The standard InChI is InChI=1S/C11H14N2O3Si/c1-17(2,3)16-11(8-12)9-4-6-10(7-5-9)13(14)15/h4-7,11H,1-3H3. The van der Waals surface area contributed by atoms with E-state index in [1.165, 1.54) is 12.1 Å². The first-order chi connectivity index (χ1) is 7.83. The van der Waals surface area contributed by atoms with Crippen LogP contribution in [0, 0.1) is 21.4 Å². The average molecular weight is 250 g/mol. The first-order valence-corrected chi connectivity index (χ1v) is 8.56. The summed E-state index contributed by atoms with van der Waals surface area (Å²) in [6.07, 6.45) is -0.650. The molecule has 0 aromatic heterocycles. The second-order valence-corrected chi connectivity index (χ2v) is 9.05. The van der Waals surface area contributed by atoms with Gasteiger partial charge in [0.05, 0.1) is 11.0 Å². The van der Waals surface area contributed by atoms with Crippen molar-refractivity contribution in [3.05, 3.63) is 39.9 Å². The predicted octanol–water partition coefficient (Wildman–Crippen LogP) is 3.01. The minimum Gasteiger partial charge on any atom is -0.399 e. The third-order valence-electron chi connectivity index (χ3n) is 2.00. The molecule has 0 heterocycles. The van der Waals surface area contributed by atoms with Crippen LogP contribution < -0.4 is 0 Å². The van der Waals surface area contributed by atoms with Gasteiger partial charge in [-0.3, -0.25) is 10.1 Å². The molecule has 0 saturated heterocycles. The van der Waals surface area contributed by atoms with Crippen molar-refractivity contribution in [1.29, 1.82) is 5.26 Å². The Balaban J connectivity index is 2.91. The molecule has 0 radical (unpaired) electrons. The molecule has 1 aromatic rings. The molecule has 0 aliphatic rings. The Kier molecular flexibility index (Phi) is 3.99. The highest BCUT2D eigenvalue weighted by atomic mass is 28.4. The number of hydrogen-bond donors (Lipinski definition) is 0. The van der Waals surface area contributed by atoms with Crippen molar-refractivity contribution in [3.63, 3.8) is 0 Å². The Labute approximate surface area is 101 Å². The van der Waals surface area contributed by atoms with Crippen LogP contribution in [-0.4, -0.2) is 13.2 Å². The van der Waals surface area contributed by atoms with Crippen molar-refractivity contribution < 1.29 is 9.35 Å². The van der Waals surface area contributed by atoms with Gasteiger partial charge in [0.25, 0.3) is 5.69 Å². The number of hydrogen-bond acceptors (Lipinski definition) is 4. The molecule has 0 aliphatic heterocycles. The maximum absolute atomic E-state index is 10.5. The Morgan fingerprint density at radius 2 is 1.88 bits per heavy atom. The number of nitro groups is 1. The van der Waals surface area contributed by atoms with Gasteiger partial charge in [-0.15, -0.1) is 0 Å². The van der Waals surface area contributed by atoms with Gasteiger partial charge in [-0.2, -0.15) is 5.26 Å². The van der Waals surface area contributed by atoms with Crippen LogP contribution in [0.25, 0.3) is 0 Å². The predicted molar refractivity (Wildman–Crippen MR) is 65.9 cm³/mol. The van der Waals surface area contributed by atoms with E-state index < -0.39 is 19.3 Å². The minimum atomic E-state index is -1.82. The summed E-state index contributed by atoms with van der Waals surface area (Å²) in [5.41, 5.74) is 0.666. The normalized spacial score (nSPS) is 12.8. The van der Waals surface area contributed by atoms with Gasteiger partial charge >= 0.3 is 0 Å². The second kappa shape index (κ2) is 5.08. The monoisotopic (exact) mass is 250 g/mol. The molecule has 0 bridgehead atoms. The SMILES string of the molecule is C[Si](C)(C)OC(C#N)c1ccc([N+](=O)[O-])cc1. The lowest BCUT2D eigenvalue weighted by atomic mass is 10.1. The van der Waals surface area contributed by atoms with Gasteiger partial charge in [0.2, 0.25) is 0 Å². The molecule has 1 unspecified atom stereocenters. The van der Waals surface area contributed by atoms with Crippen molar-refractivity contribution in [1.82, 2.24) is 0 Å². The topological polar surface area (TPSA) is 76.2 Å². The van der Waals surface area contributed by atoms with E-state index in [9.17, 15) is 10.1 Å². The summed E-state index contributed by atoms with van der Waals surface area (Å²) in [7, 11) is -1.82. The lowest BCUT2D eigenvalue weighted by Gasteiger charge is -2.21. The number of non-ortho nitro benzene ring substituents is 1. The molecule has 5 nitrogen and oxygen atoms in total.